The van der Waals surface area contributed by atoms with Gasteiger partial charge in [-0.2, -0.15) is 0 Å². The summed E-state index contributed by atoms with van der Waals surface area (Å²) in [6.07, 6.45) is 0. The lowest BCUT2D eigenvalue weighted by Gasteiger charge is -2.42. The second-order valence-corrected chi connectivity index (χ2v) is 8.05. The van der Waals surface area contributed by atoms with Crippen LogP contribution in [0, 0.1) is 6.92 Å². The summed E-state index contributed by atoms with van der Waals surface area (Å²) in [5, 5.41) is 12.9. The molecule has 0 unspecified atom stereocenters. The third-order valence-corrected chi connectivity index (χ3v) is 6.12. The first-order valence-electron chi connectivity index (χ1n) is 10.4. The van der Waals surface area contributed by atoms with Crippen molar-refractivity contribution < 1.29 is 9.84 Å². The number of phenols is 1. The molecule has 4 aromatic rings. The second kappa shape index (κ2) is 7.51. The van der Waals surface area contributed by atoms with Gasteiger partial charge in [0.15, 0.2) is 11.5 Å². The maximum absolute atomic E-state index is 10.8. The number of rotatable bonds is 3. The van der Waals surface area contributed by atoms with E-state index in [2.05, 4.69) is 73.3 Å². The van der Waals surface area contributed by atoms with Gasteiger partial charge in [0.05, 0.1) is 6.04 Å². The van der Waals surface area contributed by atoms with Crippen LogP contribution in [0.4, 0.5) is 0 Å². The minimum Gasteiger partial charge on any atom is -0.504 e. The Kier molecular flexibility index (Phi) is 4.68. The van der Waals surface area contributed by atoms with Gasteiger partial charge in [-0.05, 0) is 41.8 Å². The number of nitrogens with zero attached hydrogens (tertiary/aromatic N) is 1. The Morgan fingerprint density at radius 1 is 0.933 bits per heavy atom. The van der Waals surface area contributed by atoms with Crippen molar-refractivity contribution in [2.24, 2.45) is 0 Å². The van der Waals surface area contributed by atoms with Gasteiger partial charge in [0, 0.05) is 11.6 Å². The van der Waals surface area contributed by atoms with Gasteiger partial charge in [-0.1, -0.05) is 84.4 Å². The van der Waals surface area contributed by atoms with Crippen molar-refractivity contribution >= 4 is 10.8 Å². The summed E-state index contributed by atoms with van der Waals surface area (Å²) in [7, 11) is 0. The molecule has 0 aliphatic carbocycles. The Hall–Kier alpha value is -3.30. The summed E-state index contributed by atoms with van der Waals surface area (Å²) in [6.45, 7) is 4.75. The monoisotopic (exact) mass is 395 g/mol. The summed E-state index contributed by atoms with van der Waals surface area (Å²) < 4.78 is 6.18. The van der Waals surface area contributed by atoms with E-state index in [4.69, 9.17) is 4.74 Å². The van der Waals surface area contributed by atoms with Crippen molar-refractivity contribution in [1.29, 1.82) is 0 Å². The minimum absolute atomic E-state index is 0.0270. The van der Waals surface area contributed by atoms with Gasteiger partial charge in [0.1, 0.15) is 6.73 Å². The van der Waals surface area contributed by atoms with Gasteiger partial charge in [-0.3, -0.25) is 4.90 Å². The molecule has 150 valence electrons. The van der Waals surface area contributed by atoms with E-state index >= 15 is 0 Å². The Labute approximate surface area is 177 Å². The topological polar surface area (TPSA) is 32.7 Å². The maximum Gasteiger partial charge on any atom is 0.168 e. The van der Waals surface area contributed by atoms with Gasteiger partial charge in [-0.25, -0.2) is 0 Å². The average Bonchev–Trinajstić information content (AvgIpc) is 2.78. The second-order valence-electron chi connectivity index (χ2n) is 8.05. The van der Waals surface area contributed by atoms with E-state index < -0.39 is 0 Å². The van der Waals surface area contributed by atoms with Crippen LogP contribution in [0.1, 0.15) is 41.3 Å². The molecule has 0 aromatic heterocycles. The van der Waals surface area contributed by atoms with Crippen LogP contribution in [-0.2, 0) is 0 Å². The SMILES string of the molecule is Cc1cccc([C@H]2c3c(c(O)cc4ccccc34)OCN2[C@@H](C)c2ccccc2)c1. The molecule has 1 heterocycles. The van der Waals surface area contributed by atoms with E-state index in [0.29, 0.717) is 12.5 Å². The Bertz CT molecular complexity index is 1200. The quantitative estimate of drug-likeness (QED) is 0.438. The molecular weight excluding hydrogens is 370 g/mol. The fourth-order valence-corrected chi connectivity index (χ4v) is 4.60. The first-order valence-corrected chi connectivity index (χ1v) is 10.4. The molecule has 30 heavy (non-hydrogen) atoms. The standard InChI is InChI=1S/C27H25NO2/c1-18-9-8-13-22(15-18)26-25-23-14-7-6-12-21(23)16-24(29)27(25)30-17-28(26)19(2)20-10-4-3-5-11-20/h3-16,19,26,29H,17H2,1-2H3/t19-,26-/m0/s1. The van der Waals surface area contributed by atoms with E-state index in [1.54, 1.807) is 6.07 Å². The van der Waals surface area contributed by atoms with E-state index in [9.17, 15) is 5.11 Å². The Morgan fingerprint density at radius 2 is 1.70 bits per heavy atom. The van der Waals surface area contributed by atoms with Gasteiger partial charge in [0.25, 0.3) is 0 Å². The zero-order chi connectivity index (χ0) is 20.7. The van der Waals surface area contributed by atoms with Crippen LogP contribution in [0.2, 0.25) is 0 Å². The zero-order valence-electron chi connectivity index (χ0n) is 17.2. The third-order valence-electron chi connectivity index (χ3n) is 6.12. The highest BCUT2D eigenvalue weighted by Gasteiger charge is 2.36. The largest absolute Gasteiger partial charge is 0.504 e. The molecule has 1 aliphatic heterocycles. The fraction of sp³-hybridized carbons (Fsp3) is 0.185. The normalized spacial score (nSPS) is 17.3. The van der Waals surface area contributed by atoms with Crippen molar-refractivity contribution in [3.8, 4) is 11.5 Å². The summed E-state index contributed by atoms with van der Waals surface area (Å²) >= 11 is 0. The van der Waals surface area contributed by atoms with E-state index in [-0.39, 0.29) is 17.8 Å². The molecule has 0 radical (unpaired) electrons. The highest BCUT2D eigenvalue weighted by Crippen LogP contribution is 2.49. The first-order chi connectivity index (χ1) is 14.6. The number of benzene rings is 4. The predicted molar refractivity (Wildman–Crippen MR) is 121 cm³/mol. The van der Waals surface area contributed by atoms with Crippen molar-refractivity contribution in [3.05, 3.63) is 107 Å². The molecule has 0 fully saturated rings. The smallest absolute Gasteiger partial charge is 0.168 e. The van der Waals surface area contributed by atoms with Crippen molar-refractivity contribution in [2.75, 3.05) is 6.73 Å². The minimum atomic E-state index is -0.0270. The Balaban J connectivity index is 1.75. The highest BCUT2D eigenvalue weighted by atomic mass is 16.5. The predicted octanol–water partition coefficient (Wildman–Crippen LogP) is 6.36. The van der Waals surface area contributed by atoms with Crippen LogP contribution >= 0.6 is 0 Å². The molecule has 1 aliphatic rings. The third kappa shape index (κ3) is 3.12. The van der Waals surface area contributed by atoms with E-state index in [1.165, 1.54) is 16.7 Å². The number of fused-ring (bicyclic) bond motifs is 3. The molecule has 4 aromatic carbocycles. The lowest BCUT2D eigenvalue weighted by Crippen LogP contribution is -2.39. The van der Waals surface area contributed by atoms with Crippen molar-refractivity contribution in [3.63, 3.8) is 0 Å². The van der Waals surface area contributed by atoms with Crippen LogP contribution < -0.4 is 4.74 Å². The van der Waals surface area contributed by atoms with Gasteiger partial charge >= 0.3 is 0 Å². The Morgan fingerprint density at radius 3 is 2.50 bits per heavy atom. The van der Waals surface area contributed by atoms with Crippen LogP contribution in [-0.4, -0.2) is 16.7 Å². The van der Waals surface area contributed by atoms with Gasteiger partial charge in [0.2, 0.25) is 0 Å². The average molecular weight is 396 g/mol. The van der Waals surface area contributed by atoms with Gasteiger partial charge in [-0.15, -0.1) is 0 Å². The molecule has 2 atom stereocenters. The van der Waals surface area contributed by atoms with Crippen LogP contribution in [0.5, 0.6) is 11.5 Å². The molecule has 0 saturated carbocycles. The molecule has 0 saturated heterocycles. The molecule has 0 bridgehead atoms. The summed E-state index contributed by atoms with van der Waals surface area (Å²) in [5.74, 6) is 0.796. The number of ether oxygens (including phenoxy) is 1. The van der Waals surface area contributed by atoms with Crippen LogP contribution in [0.3, 0.4) is 0 Å². The van der Waals surface area contributed by atoms with Gasteiger partial charge < -0.3 is 9.84 Å². The van der Waals surface area contributed by atoms with Crippen LogP contribution in [0.15, 0.2) is 84.9 Å². The molecule has 3 heteroatoms. The molecule has 5 rings (SSSR count). The summed E-state index contributed by atoms with van der Waals surface area (Å²) in [4.78, 5) is 2.37. The fourth-order valence-electron chi connectivity index (χ4n) is 4.60. The lowest BCUT2D eigenvalue weighted by atomic mass is 9.88. The molecular formula is C27H25NO2. The summed E-state index contributed by atoms with van der Waals surface area (Å²) in [6, 6.07) is 29.3. The lowest BCUT2D eigenvalue weighted by molar-refractivity contribution is 0.0390. The number of phenolic OH excluding ortho intramolecular Hbond substituents is 1. The number of hydrogen-bond acceptors (Lipinski definition) is 3. The molecule has 0 amide bonds. The first kappa shape index (κ1) is 18.7. The highest BCUT2D eigenvalue weighted by molar-refractivity contribution is 5.91. The molecule has 3 nitrogen and oxygen atoms in total. The van der Waals surface area contributed by atoms with Crippen molar-refractivity contribution in [1.82, 2.24) is 4.90 Å². The zero-order valence-corrected chi connectivity index (χ0v) is 17.2. The van der Waals surface area contributed by atoms with E-state index in [1.807, 2.05) is 24.3 Å². The molecule has 0 spiro atoms. The summed E-state index contributed by atoms with van der Waals surface area (Å²) in [5.41, 5.74) is 4.70. The number of hydrogen-bond donors (Lipinski definition) is 1. The van der Waals surface area contributed by atoms with Crippen LogP contribution in [0.25, 0.3) is 10.8 Å². The maximum atomic E-state index is 10.8. The van der Waals surface area contributed by atoms with E-state index in [0.717, 1.165) is 16.3 Å². The molecule has 1 N–H and O–H groups in total. The van der Waals surface area contributed by atoms with Crippen molar-refractivity contribution in [2.45, 2.75) is 25.9 Å². The number of aromatic hydroxyl groups is 1. The number of aryl methyl sites for hydroxylation is 1.